The van der Waals surface area contributed by atoms with E-state index >= 15 is 0 Å². The number of aromatic hydroxyl groups is 2. The van der Waals surface area contributed by atoms with Gasteiger partial charge in [0.05, 0.1) is 11.3 Å². The lowest BCUT2D eigenvalue weighted by Crippen LogP contribution is -2.24. The molecule has 0 saturated carbocycles. The minimum atomic E-state index is -0.999. The van der Waals surface area contributed by atoms with Crippen LogP contribution >= 0.6 is 0 Å². The molecule has 1 aromatic carbocycles. The molecule has 0 atom stereocenters. The Bertz CT molecular complexity index is 796. The fourth-order valence-electron chi connectivity index (χ4n) is 2.32. The molecule has 3 N–H and O–H groups in total. The number of benzene rings is 1. The van der Waals surface area contributed by atoms with Crippen LogP contribution in [-0.4, -0.2) is 25.9 Å². The Morgan fingerprint density at radius 2 is 1.78 bits per heavy atom. The average molecular weight is 321 g/mol. The number of hydrogen-bond donors (Lipinski definition) is 3. The summed E-state index contributed by atoms with van der Waals surface area (Å²) in [5, 5.41) is 28.8. The van der Waals surface area contributed by atoms with Crippen LogP contribution in [0.25, 0.3) is 11.3 Å². The van der Waals surface area contributed by atoms with Gasteiger partial charge in [0.25, 0.3) is 5.56 Å². The van der Waals surface area contributed by atoms with Crippen LogP contribution in [0.1, 0.15) is 18.4 Å². The van der Waals surface area contributed by atoms with Gasteiger partial charge >= 0.3 is 5.97 Å². The minimum absolute atomic E-state index is 0.0310. The van der Waals surface area contributed by atoms with Crippen LogP contribution in [0.4, 0.5) is 4.39 Å². The SMILES string of the molecule is Cc1c(O)c(O)c(-c2ccc(F)cc2)n(CCCC(=O)O)c1=O. The maximum atomic E-state index is 13.1. The number of carboxylic acids is 1. The first-order chi connectivity index (χ1) is 10.8. The standard InChI is InChI=1S/C16H16FNO5/c1-9-14(21)15(22)13(10-4-6-11(17)7-5-10)18(16(9)23)8-2-3-12(19)20/h4-7,21-22H,2-3,8H2,1H3,(H,19,20). The molecule has 122 valence electrons. The van der Waals surface area contributed by atoms with Gasteiger partial charge in [-0.1, -0.05) is 0 Å². The fraction of sp³-hybridized carbons (Fsp3) is 0.250. The minimum Gasteiger partial charge on any atom is -0.504 e. The topological polar surface area (TPSA) is 99.8 Å². The summed E-state index contributed by atoms with van der Waals surface area (Å²) in [5.41, 5.74) is -0.205. The molecule has 6 nitrogen and oxygen atoms in total. The van der Waals surface area contributed by atoms with Crippen LogP contribution in [0, 0.1) is 12.7 Å². The molecule has 0 fully saturated rings. The van der Waals surface area contributed by atoms with E-state index in [0.29, 0.717) is 5.56 Å². The molecule has 1 aromatic heterocycles. The maximum Gasteiger partial charge on any atom is 0.303 e. The highest BCUT2D eigenvalue weighted by Gasteiger charge is 2.20. The number of nitrogens with zero attached hydrogens (tertiary/aromatic N) is 1. The zero-order valence-corrected chi connectivity index (χ0v) is 12.4. The molecule has 7 heteroatoms. The van der Waals surface area contributed by atoms with Gasteiger partial charge in [0.15, 0.2) is 11.5 Å². The Morgan fingerprint density at radius 1 is 1.17 bits per heavy atom. The summed E-state index contributed by atoms with van der Waals surface area (Å²) < 4.78 is 14.3. The molecule has 23 heavy (non-hydrogen) atoms. The molecule has 0 bridgehead atoms. The van der Waals surface area contributed by atoms with Crippen molar-refractivity contribution in [3.8, 4) is 22.8 Å². The van der Waals surface area contributed by atoms with E-state index in [4.69, 9.17) is 5.11 Å². The molecule has 0 amide bonds. The van der Waals surface area contributed by atoms with Crippen molar-refractivity contribution in [2.24, 2.45) is 0 Å². The van der Waals surface area contributed by atoms with Crippen molar-refractivity contribution in [3.63, 3.8) is 0 Å². The normalized spacial score (nSPS) is 10.7. The molecule has 0 aliphatic carbocycles. The summed E-state index contributed by atoms with van der Waals surface area (Å²) >= 11 is 0. The first kappa shape index (κ1) is 16.5. The first-order valence-electron chi connectivity index (χ1n) is 6.96. The lowest BCUT2D eigenvalue weighted by molar-refractivity contribution is -0.137. The van der Waals surface area contributed by atoms with E-state index in [1.165, 1.54) is 23.6 Å². The van der Waals surface area contributed by atoms with Gasteiger partial charge in [-0.05, 0) is 37.6 Å². The monoisotopic (exact) mass is 321 g/mol. The summed E-state index contributed by atoms with van der Waals surface area (Å²) in [5.74, 6) is -2.52. The van der Waals surface area contributed by atoms with Crippen molar-refractivity contribution >= 4 is 5.97 Å². The first-order valence-corrected chi connectivity index (χ1v) is 6.96. The molecule has 2 aromatic rings. The van der Waals surface area contributed by atoms with Crippen molar-refractivity contribution in [1.29, 1.82) is 0 Å². The Labute approximate surface area is 131 Å². The number of carboxylic acid groups (broad SMARTS) is 1. The van der Waals surface area contributed by atoms with Crippen molar-refractivity contribution in [2.75, 3.05) is 0 Å². The quantitative estimate of drug-likeness (QED) is 0.784. The van der Waals surface area contributed by atoms with Crippen LogP contribution in [0.5, 0.6) is 11.5 Å². The summed E-state index contributed by atoms with van der Waals surface area (Å²) in [7, 11) is 0. The van der Waals surface area contributed by atoms with E-state index in [1.54, 1.807) is 0 Å². The number of aliphatic carboxylic acids is 1. The van der Waals surface area contributed by atoms with Crippen molar-refractivity contribution in [1.82, 2.24) is 4.57 Å². The molecule has 0 unspecified atom stereocenters. The van der Waals surface area contributed by atoms with Gasteiger partial charge in [0, 0.05) is 18.5 Å². The van der Waals surface area contributed by atoms with Gasteiger partial charge in [0.1, 0.15) is 5.82 Å². The van der Waals surface area contributed by atoms with Crippen LogP contribution in [0.3, 0.4) is 0 Å². The van der Waals surface area contributed by atoms with Gasteiger partial charge < -0.3 is 19.9 Å². The van der Waals surface area contributed by atoms with Gasteiger partial charge in [-0.15, -0.1) is 0 Å². The third kappa shape index (κ3) is 3.33. The zero-order valence-electron chi connectivity index (χ0n) is 12.4. The number of aromatic nitrogens is 1. The predicted octanol–water partition coefficient (Wildman–Crippen LogP) is 2.24. The second-order valence-electron chi connectivity index (χ2n) is 5.13. The molecular weight excluding hydrogens is 305 g/mol. The second-order valence-corrected chi connectivity index (χ2v) is 5.13. The van der Waals surface area contributed by atoms with E-state index in [9.17, 15) is 24.2 Å². The third-order valence-corrected chi connectivity index (χ3v) is 3.53. The average Bonchev–Trinajstić information content (AvgIpc) is 2.51. The van der Waals surface area contributed by atoms with Gasteiger partial charge in [0.2, 0.25) is 0 Å². The number of carbonyl (C=O) groups is 1. The highest BCUT2D eigenvalue weighted by atomic mass is 19.1. The summed E-state index contributed by atoms with van der Waals surface area (Å²) in [6.45, 7) is 1.41. The Balaban J connectivity index is 2.60. The van der Waals surface area contributed by atoms with Gasteiger partial charge in [-0.25, -0.2) is 4.39 Å². The molecule has 0 saturated heterocycles. The smallest absolute Gasteiger partial charge is 0.303 e. The highest BCUT2D eigenvalue weighted by molar-refractivity contribution is 5.71. The van der Waals surface area contributed by atoms with Crippen LogP contribution < -0.4 is 5.56 Å². The molecular formula is C16H16FNO5. The highest BCUT2D eigenvalue weighted by Crippen LogP contribution is 2.37. The van der Waals surface area contributed by atoms with E-state index in [0.717, 1.165) is 12.1 Å². The van der Waals surface area contributed by atoms with Crippen LogP contribution in [-0.2, 0) is 11.3 Å². The van der Waals surface area contributed by atoms with E-state index in [1.807, 2.05) is 0 Å². The zero-order chi connectivity index (χ0) is 17.1. The van der Waals surface area contributed by atoms with Crippen molar-refractivity contribution in [3.05, 3.63) is 46.0 Å². The maximum absolute atomic E-state index is 13.1. The Kier molecular flexibility index (Phi) is 4.68. The predicted molar refractivity (Wildman–Crippen MR) is 81.0 cm³/mol. The second kappa shape index (κ2) is 6.51. The van der Waals surface area contributed by atoms with Crippen LogP contribution in [0.2, 0.25) is 0 Å². The van der Waals surface area contributed by atoms with Gasteiger partial charge in [-0.2, -0.15) is 0 Å². The molecule has 0 spiro atoms. The summed E-state index contributed by atoms with van der Waals surface area (Å²) in [6.07, 6.45) is 0.0308. The number of pyridine rings is 1. The van der Waals surface area contributed by atoms with Crippen LogP contribution in [0.15, 0.2) is 29.1 Å². The lowest BCUT2D eigenvalue weighted by atomic mass is 10.1. The fourth-order valence-corrected chi connectivity index (χ4v) is 2.32. The summed E-state index contributed by atoms with van der Waals surface area (Å²) in [4.78, 5) is 23.0. The van der Waals surface area contributed by atoms with E-state index in [-0.39, 0.29) is 30.6 Å². The van der Waals surface area contributed by atoms with Gasteiger partial charge in [-0.3, -0.25) is 9.59 Å². The lowest BCUT2D eigenvalue weighted by Gasteiger charge is -2.17. The summed E-state index contributed by atoms with van der Waals surface area (Å²) in [6, 6.07) is 5.06. The molecule has 0 aliphatic rings. The number of rotatable bonds is 5. The van der Waals surface area contributed by atoms with Crippen molar-refractivity contribution < 1.29 is 24.5 Å². The Hall–Kier alpha value is -2.83. The molecule has 2 rings (SSSR count). The van der Waals surface area contributed by atoms with Crippen molar-refractivity contribution in [2.45, 2.75) is 26.3 Å². The molecule has 0 aliphatic heterocycles. The Morgan fingerprint density at radius 3 is 2.35 bits per heavy atom. The molecule has 0 radical (unpaired) electrons. The third-order valence-electron chi connectivity index (χ3n) is 3.53. The number of halogens is 1. The molecule has 1 heterocycles. The van der Waals surface area contributed by atoms with E-state index < -0.39 is 28.8 Å². The largest absolute Gasteiger partial charge is 0.504 e. The van der Waals surface area contributed by atoms with E-state index in [2.05, 4.69) is 0 Å². The number of hydrogen-bond acceptors (Lipinski definition) is 4.